The van der Waals surface area contributed by atoms with Crippen molar-refractivity contribution >= 4 is 5.91 Å². The SMILES string of the molecule is Cc1ncn(CC(=O)NCc2ccc3c(c2)OCCCO3)c1C. The Labute approximate surface area is 135 Å². The third kappa shape index (κ3) is 3.64. The van der Waals surface area contributed by atoms with Crippen LogP contribution >= 0.6 is 0 Å². The van der Waals surface area contributed by atoms with E-state index in [1.807, 2.05) is 36.6 Å². The van der Waals surface area contributed by atoms with E-state index in [9.17, 15) is 4.79 Å². The monoisotopic (exact) mass is 315 g/mol. The zero-order chi connectivity index (χ0) is 16.2. The Bertz CT molecular complexity index is 709. The molecule has 2 aromatic rings. The molecule has 1 N–H and O–H groups in total. The summed E-state index contributed by atoms with van der Waals surface area (Å²) in [5.74, 6) is 1.47. The molecule has 1 amide bonds. The average Bonchev–Trinajstić information content (AvgIpc) is 2.77. The molecule has 1 aromatic carbocycles. The van der Waals surface area contributed by atoms with Gasteiger partial charge in [0.15, 0.2) is 11.5 Å². The molecule has 0 radical (unpaired) electrons. The summed E-state index contributed by atoms with van der Waals surface area (Å²) >= 11 is 0. The number of nitrogens with zero attached hydrogens (tertiary/aromatic N) is 2. The summed E-state index contributed by atoms with van der Waals surface area (Å²) in [7, 11) is 0. The lowest BCUT2D eigenvalue weighted by Gasteiger charge is -2.11. The number of imidazole rings is 1. The van der Waals surface area contributed by atoms with Gasteiger partial charge in [-0.2, -0.15) is 0 Å². The molecular formula is C17H21N3O3. The van der Waals surface area contributed by atoms with E-state index < -0.39 is 0 Å². The van der Waals surface area contributed by atoms with Gasteiger partial charge in [-0.25, -0.2) is 4.98 Å². The molecule has 0 unspecified atom stereocenters. The summed E-state index contributed by atoms with van der Waals surface area (Å²) in [5.41, 5.74) is 2.94. The van der Waals surface area contributed by atoms with Crippen LogP contribution in [0.3, 0.4) is 0 Å². The summed E-state index contributed by atoms with van der Waals surface area (Å²) in [6.45, 7) is 5.95. The Morgan fingerprint density at radius 1 is 1.26 bits per heavy atom. The van der Waals surface area contributed by atoms with Gasteiger partial charge in [0.2, 0.25) is 5.91 Å². The zero-order valence-corrected chi connectivity index (χ0v) is 13.5. The van der Waals surface area contributed by atoms with Gasteiger partial charge in [-0.05, 0) is 31.5 Å². The van der Waals surface area contributed by atoms with E-state index >= 15 is 0 Å². The van der Waals surface area contributed by atoms with Crippen molar-refractivity contribution in [2.45, 2.75) is 33.4 Å². The van der Waals surface area contributed by atoms with Crippen molar-refractivity contribution in [2.24, 2.45) is 0 Å². The van der Waals surface area contributed by atoms with Crippen LogP contribution in [0.5, 0.6) is 11.5 Å². The summed E-state index contributed by atoms with van der Waals surface area (Å²) in [4.78, 5) is 16.3. The van der Waals surface area contributed by atoms with Gasteiger partial charge in [-0.15, -0.1) is 0 Å². The third-order valence-corrected chi connectivity index (χ3v) is 3.96. The molecule has 6 heteroatoms. The number of carbonyl (C=O) groups is 1. The minimum absolute atomic E-state index is 0.0439. The highest BCUT2D eigenvalue weighted by atomic mass is 16.5. The van der Waals surface area contributed by atoms with Crippen molar-refractivity contribution in [2.75, 3.05) is 13.2 Å². The van der Waals surface area contributed by atoms with Crippen LogP contribution in [-0.2, 0) is 17.9 Å². The van der Waals surface area contributed by atoms with E-state index in [2.05, 4.69) is 10.3 Å². The highest BCUT2D eigenvalue weighted by molar-refractivity contribution is 5.75. The molecule has 3 rings (SSSR count). The normalized spacial score (nSPS) is 13.5. The first-order valence-electron chi connectivity index (χ1n) is 7.77. The van der Waals surface area contributed by atoms with Crippen LogP contribution in [0.4, 0.5) is 0 Å². The van der Waals surface area contributed by atoms with E-state index in [-0.39, 0.29) is 12.5 Å². The predicted octanol–water partition coefficient (Wildman–Crippen LogP) is 1.98. The fraction of sp³-hybridized carbons (Fsp3) is 0.412. The Morgan fingerprint density at radius 2 is 2.04 bits per heavy atom. The highest BCUT2D eigenvalue weighted by Gasteiger charge is 2.11. The molecule has 23 heavy (non-hydrogen) atoms. The molecule has 0 spiro atoms. The van der Waals surface area contributed by atoms with Crippen molar-refractivity contribution in [3.05, 3.63) is 41.5 Å². The van der Waals surface area contributed by atoms with Crippen molar-refractivity contribution in [1.29, 1.82) is 0 Å². The zero-order valence-electron chi connectivity index (χ0n) is 13.5. The number of aromatic nitrogens is 2. The van der Waals surface area contributed by atoms with Crippen LogP contribution in [0.1, 0.15) is 23.4 Å². The van der Waals surface area contributed by atoms with Gasteiger partial charge in [-0.3, -0.25) is 4.79 Å². The lowest BCUT2D eigenvalue weighted by Crippen LogP contribution is -2.27. The van der Waals surface area contributed by atoms with Gasteiger partial charge < -0.3 is 19.4 Å². The molecule has 1 aliphatic rings. The molecule has 0 saturated heterocycles. The van der Waals surface area contributed by atoms with Gasteiger partial charge in [0, 0.05) is 18.7 Å². The number of hydrogen-bond acceptors (Lipinski definition) is 4. The Morgan fingerprint density at radius 3 is 2.78 bits per heavy atom. The molecule has 0 bridgehead atoms. The van der Waals surface area contributed by atoms with Gasteiger partial charge >= 0.3 is 0 Å². The minimum atomic E-state index is -0.0439. The molecule has 2 heterocycles. The quantitative estimate of drug-likeness (QED) is 0.937. The minimum Gasteiger partial charge on any atom is -0.490 e. The van der Waals surface area contributed by atoms with E-state index in [1.165, 1.54) is 0 Å². The van der Waals surface area contributed by atoms with Crippen LogP contribution in [0.25, 0.3) is 0 Å². The first-order chi connectivity index (χ1) is 11.1. The second kappa shape index (κ2) is 6.73. The number of hydrogen-bond donors (Lipinski definition) is 1. The maximum Gasteiger partial charge on any atom is 0.240 e. The second-order valence-corrected chi connectivity index (χ2v) is 5.65. The molecule has 1 aliphatic heterocycles. The number of aryl methyl sites for hydroxylation is 1. The standard InChI is InChI=1S/C17H21N3O3/c1-12-13(2)20(11-19-12)10-17(21)18-9-14-4-5-15-16(8-14)23-7-3-6-22-15/h4-5,8,11H,3,6-7,9-10H2,1-2H3,(H,18,21). The van der Waals surface area contributed by atoms with Crippen LogP contribution in [0.2, 0.25) is 0 Å². The molecule has 0 atom stereocenters. The van der Waals surface area contributed by atoms with E-state index in [4.69, 9.17) is 9.47 Å². The van der Waals surface area contributed by atoms with Crippen molar-refractivity contribution in [1.82, 2.24) is 14.9 Å². The molecule has 0 fully saturated rings. The van der Waals surface area contributed by atoms with Crippen molar-refractivity contribution in [3.63, 3.8) is 0 Å². The third-order valence-electron chi connectivity index (χ3n) is 3.96. The first kappa shape index (κ1) is 15.4. The van der Waals surface area contributed by atoms with E-state index in [0.717, 1.165) is 34.9 Å². The van der Waals surface area contributed by atoms with Crippen LogP contribution in [0, 0.1) is 13.8 Å². The van der Waals surface area contributed by atoms with Crippen LogP contribution in [0.15, 0.2) is 24.5 Å². The summed E-state index contributed by atoms with van der Waals surface area (Å²) in [6, 6.07) is 5.76. The number of fused-ring (bicyclic) bond motifs is 1. The fourth-order valence-corrected chi connectivity index (χ4v) is 2.43. The lowest BCUT2D eigenvalue weighted by molar-refractivity contribution is -0.121. The topological polar surface area (TPSA) is 65.4 Å². The van der Waals surface area contributed by atoms with Gasteiger partial charge in [0.25, 0.3) is 0 Å². The number of ether oxygens (including phenoxy) is 2. The average molecular weight is 315 g/mol. The number of benzene rings is 1. The molecular weight excluding hydrogens is 294 g/mol. The maximum absolute atomic E-state index is 12.1. The summed E-state index contributed by atoms with van der Waals surface area (Å²) < 4.78 is 13.1. The van der Waals surface area contributed by atoms with Crippen molar-refractivity contribution < 1.29 is 14.3 Å². The lowest BCUT2D eigenvalue weighted by atomic mass is 10.2. The molecule has 0 saturated carbocycles. The largest absolute Gasteiger partial charge is 0.490 e. The molecule has 0 aliphatic carbocycles. The number of nitrogens with one attached hydrogen (secondary N) is 1. The number of amides is 1. The summed E-state index contributed by atoms with van der Waals surface area (Å²) in [6.07, 6.45) is 2.57. The second-order valence-electron chi connectivity index (χ2n) is 5.65. The summed E-state index contributed by atoms with van der Waals surface area (Å²) in [5, 5.41) is 2.92. The van der Waals surface area contributed by atoms with E-state index in [1.54, 1.807) is 6.33 Å². The highest BCUT2D eigenvalue weighted by Crippen LogP contribution is 2.30. The first-order valence-corrected chi connectivity index (χ1v) is 7.77. The van der Waals surface area contributed by atoms with E-state index in [0.29, 0.717) is 19.8 Å². The Kier molecular flexibility index (Phi) is 4.50. The molecule has 122 valence electrons. The number of rotatable bonds is 4. The Balaban J connectivity index is 1.58. The van der Waals surface area contributed by atoms with Crippen LogP contribution in [-0.4, -0.2) is 28.7 Å². The maximum atomic E-state index is 12.1. The van der Waals surface area contributed by atoms with Gasteiger partial charge in [-0.1, -0.05) is 6.07 Å². The van der Waals surface area contributed by atoms with Crippen molar-refractivity contribution in [3.8, 4) is 11.5 Å². The smallest absolute Gasteiger partial charge is 0.240 e. The van der Waals surface area contributed by atoms with Crippen LogP contribution < -0.4 is 14.8 Å². The predicted molar refractivity (Wildman–Crippen MR) is 85.6 cm³/mol. The fourth-order valence-electron chi connectivity index (χ4n) is 2.43. The van der Waals surface area contributed by atoms with Gasteiger partial charge in [0.1, 0.15) is 6.54 Å². The molecule has 1 aromatic heterocycles. The number of carbonyl (C=O) groups excluding carboxylic acids is 1. The van der Waals surface area contributed by atoms with Gasteiger partial charge in [0.05, 0.1) is 25.2 Å². The molecule has 6 nitrogen and oxygen atoms in total. The Hall–Kier alpha value is -2.50.